The molecule has 0 aromatic carbocycles. The SMILES string of the molecule is CC1(C)CC2(CC(C)(C)N1)SCC1(CS2)CSC2(CC(C)(C)NC(C)(C)C2)SC1. The van der Waals surface area contributed by atoms with Crippen LogP contribution in [-0.4, -0.2) is 53.3 Å². The Bertz CT molecular complexity index is 544. The Kier molecular flexibility index (Phi) is 5.79. The highest BCUT2D eigenvalue weighted by Crippen LogP contribution is 2.63. The first-order valence-electron chi connectivity index (χ1n) is 11.2. The van der Waals surface area contributed by atoms with Crippen LogP contribution in [0.5, 0.6) is 0 Å². The lowest BCUT2D eigenvalue weighted by Gasteiger charge is -2.59. The molecule has 0 aliphatic carbocycles. The van der Waals surface area contributed by atoms with E-state index in [0.29, 0.717) is 13.6 Å². The molecule has 0 radical (unpaired) electrons. The van der Waals surface area contributed by atoms with Gasteiger partial charge in [0.15, 0.2) is 0 Å². The van der Waals surface area contributed by atoms with Gasteiger partial charge in [-0.2, -0.15) is 0 Å². The van der Waals surface area contributed by atoms with Crippen molar-refractivity contribution in [2.45, 2.75) is 111 Å². The van der Waals surface area contributed by atoms with Crippen molar-refractivity contribution in [2.75, 3.05) is 23.0 Å². The van der Waals surface area contributed by atoms with Crippen molar-refractivity contribution in [1.82, 2.24) is 10.6 Å². The molecule has 0 amide bonds. The highest BCUT2D eigenvalue weighted by molar-refractivity contribution is 8.20. The summed E-state index contributed by atoms with van der Waals surface area (Å²) in [5, 5.41) is 7.78. The van der Waals surface area contributed by atoms with Gasteiger partial charge in [-0.05, 0) is 81.1 Å². The summed E-state index contributed by atoms with van der Waals surface area (Å²) in [4.78, 5) is 0. The van der Waals surface area contributed by atoms with Crippen LogP contribution in [0, 0.1) is 5.41 Å². The summed E-state index contributed by atoms with van der Waals surface area (Å²) in [6.45, 7) is 19.2. The van der Waals surface area contributed by atoms with Crippen LogP contribution in [0.15, 0.2) is 0 Å². The molecule has 0 saturated carbocycles. The lowest BCUT2D eigenvalue weighted by atomic mass is 9.82. The number of rotatable bonds is 0. The quantitative estimate of drug-likeness (QED) is 0.433. The van der Waals surface area contributed by atoms with Gasteiger partial charge < -0.3 is 10.6 Å². The Morgan fingerprint density at radius 2 is 0.690 bits per heavy atom. The summed E-state index contributed by atoms with van der Waals surface area (Å²) in [5.41, 5.74) is 1.47. The zero-order valence-corrected chi connectivity index (χ0v) is 23.1. The van der Waals surface area contributed by atoms with Gasteiger partial charge in [-0.25, -0.2) is 0 Å². The molecule has 3 spiro atoms. The molecule has 4 fully saturated rings. The molecule has 4 rings (SSSR count). The van der Waals surface area contributed by atoms with Crippen LogP contribution in [0.3, 0.4) is 0 Å². The van der Waals surface area contributed by atoms with Crippen molar-refractivity contribution in [3.63, 3.8) is 0 Å². The lowest BCUT2D eigenvalue weighted by Crippen LogP contribution is -2.64. The van der Waals surface area contributed by atoms with Gasteiger partial charge in [-0.15, -0.1) is 47.0 Å². The van der Waals surface area contributed by atoms with E-state index in [2.05, 4.69) is 113 Å². The molecule has 4 saturated heterocycles. The number of hydrogen-bond donors (Lipinski definition) is 2. The van der Waals surface area contributed by atoms with Gasteiger partial charge >= 0.3 is 0 Å². The summed E-state index contributed by atoms with van der Waals surface area (Å²) in [5.74, 6) is 5.42. The molecule has 0 aromatic rings. The van der Waals surface area contributed by atoms with Crippen LogP contribution >= 0.6 is 47.0 Å². The molecule has 168 valence electrons. The molecule has 0 atom stereocenters. The standard InChI is InChI=1S/C23H42N2S4/c1-17(2)9-22(10-18(3,4)24-17)26-13-21(14-27-22)15-28-23(29-16-21)11-19(5,6)25-20(7,8)12-23/h24-25H,9-16H2,1-8H3. The van der Waals surface area contributed by atoms with Gasteiger partial charge in [-0.3, -0.25) is 0 Å². The van der Waals surface area contributed by atoms with E-state index in [0.717, 1.165) is 0 Å². The molecule has 0 unspecified atom stereocenters. The maximum absolute atomic E-state index is 3.89. The molecule has 2 N–H and O–H groups in total. The van der Waals surface area contributed by atoms with Gasteiger partial charge in [0.25, 0.3) is 0 Å². The van der Waals surface area contributed by atoms with E-state index in [1.807, 2.05) is 0 Å². The molecule has 4 aliphatic heterocycles. The minimum atomic E-state index is 0.235. The zero-order chi connectivity index (χ0) is 21.4. The van der Waals surface area contributed by atoms with E-state index >= 15 is 0 Å². The second kappa shape index (κ2) is 7.16. The topological polar surface area (TPSA) is 24.1 Å². The molecular formula is C23H42N2S4. The van der Waals surface area contributed by atoms with Gasteiger partial charge in [0, 0.05) is 50.6 Å². The maximum Gasteiger partial charge on any atom is 0.0646 e. The summed E-state index contributed by atoms with van der Waals surface area (Å²) in [6.07, 6.45) is 5.14. The third kappa shape index (κ3) is 5.13. The Morgan fingerprint density at radius 3 is 0.931 bits per heavy atom. The van der Waals surface area contributed by atoms with Gasteiger partial charge in [0.1, 0.15) is 0 Å². The highest BCUT2D eigenvalue weighted by atomic mass is 32.2. The average molecular weight is 475 g/mol. The average Bonchev–Trinajstić information content (AvgIpc) is 2.47. The normalized spacial score (nSPS) is 35.6. The zero-order valence-electron chi connectivity index (χ0n) is 19.8. The van der Waals surface area contributed by atoms with Crippen molar-refractivity contribution < 1.29 is 0 Å². The Labute approximate surface area is 196 Å². The van der Waals surface area contributed by atoms with Crippen LogP contribution in [-0.2, 0) is 0 Å². The first kappa shape index (κ1) is 23.5. The third-order valence-electron chi connectivity index (χ3n) is 6.76. The molecule has 4 aliphatic rings. The summed E-state index contributed by atoms with van der Waals surface area (Å²) >= 11 is 9.26. The number of hydrogen-bond acceptors (Lipinski definition) is 6. The van der Waals surface area contributed by atoms with Crippen LogP contribution < -0.4 is 10.6 Å². The second-order valence-electron chi connectivity index (χ2n) is 13.0. The minimum Gasteiger partial charge on any atom is -0.307 e. The van der Waals surface area contributed by atoms with Crippen LogP contribution in [0.1, 0.15) is 81.1 Å². The number of thioether (sulfide) groups is 4. The minimum absolute atomic E-state index is 0.235. The van der Waals surface area contributed by atoms with E-state index in [-0.39, 0.29) is 22.2 Å². The van der Waals surface area contributed by atoms with Crippen LogP contribution in [0.4, 0.5) is 0 Å². The second-order valence-corrected chi connectivity index (χ2v) is 18.9. The van der Waals surface area contributed by atoms with E-state index in [9.17, 15) is 0 Å². The number of nitrogens with one attached hydrogen (secondary N) is 2. The lowest BCUT2D eigenvalue weighted by molar-refractivity contribution is 0.176. The van der Waals surface area contributed by atoms with E-state index in [1.165, 1.54) is 48.7 Å². The van der Waals surface area contributed by atoms with Crippen molar-refractivity contribution in [2.24, 2.45) is 5.41 Å². The predicted octanol–water partition coefficient (Wildman–Crippen LogP) is 6.21. The van der Waals surface area contributed by atoms with Crippen molar-refractivity contribution in [3.8, 4) is 0 Å². The third-order valence-corrected chi connectivity index (χ3v) is 14.5. The van der Waals surface area contributed by atoms with Gasteiger partial charge in [0.2, 0.25) is 0 Å². The smallest absolute Gasteiger partial charge is 0.0646 e. The van der Waals surface area contributed by atoms with Crippen molar-refractivity contribution in [3.05, 3.63) is 0 Å². The molecule has 4 heterocycles. The summed E-state index contributed by atoms with van der Waals surface area (Å²) in [6, 6.07) is 0. The predicted molar refractivity (Wildman–Crippen MR) is 139 cm³/mol. The number of piperidine rings is 2. The Hall–Kier alpha value is 1.32. The monoisotopic (exact) mass is 474 g/mol. The molecule has 29 heavy (non-hydrogen) atoms. The molecule has 6 heteroatoms. The fourth-order valence-corrected chi connectivity index (χ4v) is 16.1. The first-order valence-corrected chi connectivity index (χ1v) is 15.2. The molecular weight excluding hydrogens is 433 g/mol. The fourth-order valence-electron chi connectivity index (χ4n) is 6.71. The largest absolute Gasteiger partial charge is 0.307 e. The van der Waals surface area contributed by atoms with Crippen LogP contribution in [0.25, 0.3) is 0 Å². The summed E-state index contributed by atoms with van der Waals surface area (Å²) < 4.78 is 0.819. The maximum atomic E-state index is 3.89. The van der Waals surface area contributed by atoms with Crippen molar-refractivity contribution >= 4 is 47.0 Å². The van der Waals surface area contributed by atoms with E-state index in [1.54, 1.807) is 0 Å². The van der Waals surface area contributed by atoms with E-state index < -0.39 is 0 Å². The van der Waals surface area contributed by atoms with Gasteiger partial charge in [0.05, 0.1) is 8.16 Å². The Balaban J connectivity index is 1.42. The van der Waals surface area contributed by atoms with E-state index in [4.69, 9.17) is 0 Å². The Morgan fingerprint density at radius 1 is 0.448 bits per heavy atom. The van der Waals surface area contributed by atoms with Gasteiger partial charge in [-0.1, -0.05) is 0 Å². The molecule has 2 nitrogen and oxygen atoms in total. The fraction of sp³-hybridized carbons (Fsp3) is 1.00. The van der Waals surface area contributed by atoms with Crippen LogP contribution in [0.2, 0.25) is 0 Å². The highest BCUT2D eigenvalue weighted by Gasteiger charge is 2.56. The molecule has 0 aromatic heterocycles. The van der Waals surface area contributed by atoms with Crippen molar-refractivity contribution in [1.29, 1.82) is 0 Å². The summed E-state index contributed by atoms with van der Waals surface area (Å²) in [7, 11) is 0. The molecule has 0 bridgehead atoms. The first-order chi connectivity index (χ1) is 13.1.